The third-order valence-corrected chi connectivity index (χ3v) is 11.6. The average Bonchev–Trinajstić information content (AvgIpc) is 3.71. The van der Waals surface area contributed by atoms with Crippen LogP contribution in [0.5, 0.6) is 0 Å². The SMILES string of the molecule is CNC(=O)CCC(C=O)N1Cc2cc(C(=O)NCCCCCCCCCNC(=O)c3cnc(Nc4ccccc4C)c(NC(=O)c4csc5ccccc45)c3)ccc2CO1. The molecular weight excluding hydrogens is 779 g/mol. The largest absolute Gasteiger partial charge is 0.359 e. The summed E-state index contributed by atoms with van der Waals surface area (Å²) in [4.78, 5) is 73.3. The normalized spacial score (nSPS) is 12.9. The Hall–Kier alpha value is -5.96. The van der Waals surface area contributed by atoms with Crippen molar-refractivity contribution < 1.29 is 28.8 Å². The summed E-state index contributed by atoms with van der Waals surface area (Å²) in [5.74, 6) is -0.357. The Morgan fingerprint density at radius 1 is 0.817 bits per heavy atom. The van der Waals surface area contributed by atoms with Gasteiger partial charge >= 0.3 is 0 Å². The predicted molar refractivity (Wildman–Crippen MR) is 235 cm³/mol. The Morgan fingerprint density at radius 2 is 1.52 bits per heavy atom. The van der Waals surface area contributed by atoms with E-state index in [1.165, 1.54) is 17.5 Å². The number of unbranched alkanes of at least 4 members (excludes halogenated alkanes) is 6. The summed E-state index contributed by atoms with van der Waals surface area (Å²) in [5, 5.41) is 19.2. The number of hydrogen-bond donors (Lipinski definition) is 5. The van der Waals surface area contributed by atoms with Crippen molar-refractivity contribution in [1.82, 2.24) is 26.0 Å². The van der Waals surface area contributed by atoms with Crippen molar-refractivity contribution in [3.05, 3.63) is 118 Å². The lowest BCUT2D eigenvalue weighted by molar-refractivity contribution is -0.209. The molecule has 3 heterocycles. The van der Waals surface area contributed by atoms with E-state index in [2.05, 4.69) is 31.6 Å². The predicted octanol–water partition coefficient (Wildman–Crippen LogP) is 7.83. The van der Waals surface area contributed by atoms with Gasteiger partial charge in [0.25, 0.3) is 17.7 Å². The fourth-order valence-electron chi connectivity index (χ4n) is 7.03. The lowest BCUT2D eigenvalue weighted by Gasteiger charge is -2.32. The molecule has 2 aromatic heterocycles. The van der Waals surface area contributed by atoms with Crippen molar-refractivity contribution in [3.8, 4) is 0 Å². The highest BCUT2D eigenvalue weighted by Crippen LogP contribution is 2.30. The van der Waals surface area contributed by atoms with Gasteiger partial charge in [-0.2, -0.15) is 5.06 Å². The maximum atomic E-state index is 13.5. The summed E-state index contributed by atoms with van der Waals surface area (Å²) in [6, 6.07) is 22.2. The molecule has 4 amide bonds. The second-order valence-corrected chi connectivity index (χ2v) is 15.8. The Morgan fingerprint density at radius 3 is 2.25 bits per heavy atom. The molecule has 1 aliphatic heterocycles. The van der Waals surface area contributed by atoms with Gasteiger partial charge in [-0.05, 0) is 73.2 Å². The number of thiophene rings is 1. The Kier molecular flexibility index (Phi) is 15.9. The lowest BCUT2D eigenvalue weighted by atomic mass is 10.0. The van der Waals surface area contributed by atoms with E-state index in [0.717, 1.165) is 83.7 Å². The van der Waals surface area contributed by atoms with Crippen LogP contribution in [0.4, 0.5) is 17.2 Å². The van der Waals surface area contributed by atoms with Crippen molar-refractivity contribution in [2.75, 3.05) is 30.8 Å². The van der Waals surface area contributed by atoms with Gasteiger partial charge in [0.1, 0.15) is 6.29 Å². The molecule has 5 N–H and O–H groups in total. The number of aromatic nitrogens is 1. The second kappa shape index (κ2) is 21.9. The van der Waals surface area contributed by atoms with E-state index in [1.807, 2.05) is 73.0 Å². The number of hydrogen-bond acceptors (Lipinski definition) is 10. The van der Waals surface area contributed by atoms with Crippen LogP contribution in [-0.2, 0) is 27.6 Å². The molecule has 3 aromatic carbocycles. The lowest BCUT2D eigenvalue weighted by Crippen LogP contribution is -2.39. The fraction of sp³-hybridized carbons (Fsp3) is 0.348. The van der Waals surface area contributed by atoms with E-state index in [1.54, 1.807) is 24.2 Å². The summed E-state index contributed by atoms with van der Waals surface area (Å²) >= 11 is 1.51. The number of hydroxylamine groups is 2. The number of amides is 4. The van der Waals surface area contributed by atoms with Gasteiger partial charge in [0, 0.05) is 59.5 Å². The van der Waals surface area contributed by atoms with Crippen LogP contribution < -0.4 is 26.6 Å². The maximum Gasteiger partial charge on any atom is 0.257 e. The number of carbonyl (C=O) groups excluding carboxylic acids is 5. The van der Waals surface area contributed by atoms with Gasteiger partial charge in [0.15, 0.2) is 5.82 Å². The van der Waals surface area contributed by atoms with Crippen molar-refractivity contribution in [2.45, 2.75) is 83.9 Å². The molecule has 0 radical (unpaired) electrons. The molecule has 1 unspecified atom stereocenters. The number of nitrogens with zero attached hydrogens (tertiary/aromatic N) is 2. The van der Waals surface area contributed by atoms with Crippen LogP contribution >= 0.6 is 11.3 Å². The number of fused-ring (bicyclic) bond motifs is 2. The molecule has 0 saturated heterocycles. The Labute approximate surface area is 354 Å². The minimum absolute atomic E-state index is 0.134. The molecule has 14 heteroatoms. The molecule has 1 aliphatic rings. The topological polar surface area (TPSA) is 171 Å². The van der Waals surface area contributed by atoms with Crippen LogP contribution in [0, 0.1) is 6.92 Å². The first-order valence-corrected chi connectivity index (χ1v) is 21.5. The second-order valence-electron chi connectivity index (χ2n) is 14.9. The van der Waals surface area contributed by atoms with E-state index in [-0.39, 0.29) is 30.0 Å². The van der Waals surface area contributed by atoms with E-state index in [9.17, 15) is 24.0 Å². The van der Waals surface area contributed by atoms with Gasteiger partial charge in [-0.1, -0.05) is 74.6 Å². The number of para-hydroxylation sites is 1. The summed E-state index contributed by atoms with van der Waals surface area (Å²) in [6.45, 7) is 3.75. The summed E-state index contributed by atoms with van der Waals surface area (Å²) in [5.41, 5.74) is 5.66. The fourth-order valence-corrected chi connectivity index (χ4v) is 7.97. The van der Waals surface area contributed by atoms with E-state index >= 15 is 0 Å². The molecule has 314 valence electrons. The minimum Gasteiger partial charge on any atom is -0.359 e. The number of anilines is 3. The van der Waals surface area contributed by atoms with Crippen molar-refractivity contribution in [3.63, 3.8) is 0 Å². The first kappa shape index (κ1) is 43.6. The van der Waals surface area contributed by atoms with E-state index < -0.39 is 6.04 Å². The third-order valence-electron chi connectivity index (χ3n) is 10.6. The number of carbonyl (C=O) groups is 5. The molecule has 0 saturated carbocycles. The van der Waals surface area contributed by atoms with Crippen LogP contribution in [-0.4, -0.2) is 66.1 Å². The van der Waals surface area contributed by atoms with Gasteiger partial charge in [0.05, 0.1) is 36.0 Å². The van der Waals surface area contributed by atoms with Crippen molar-refractivity contribution in [2.24, 2.45) is 0 Å². The molecule has 13 nitrogen and oxygen atoms in total. The molecule has 0 aliphatic carbocycles. The average molecular weight is 832 g/mol. The maximum absolute atomic E-state index is 13.5. The van der Waals surface area contributed by atoms with E-state index in [0.29, 0.717) is 60.9 Å². The molecule has 0 bridgehead atoms. The summed E-state index contributed by atoms with van der Waals surface area (Å²) < 4.78 is 1.02. The molecule has 5 aromatic rings. The Balaban J connectivity index is 0.890. The van der Waals surface area contributed by atoms with Crippen LogP contribution in [0.3, 0.4) is 0 Å². The van der Waals surface area contributed by atoms with E-state index in [4.69, 9.17) is 4.84 Å². The molecule has 0 fully saturated rings. The Bertz CT molecular complexity index is 2290. The van der Waals surface area contributed by atoms with Gasteiger partial charge in [-0.25, -0.2) is 4.98 Å². The molecule has 1 atom stereocenters. The smallest absolute Gasteiger partial charge is 0.257 e. The number of pyridine rings is 1. The van der Waals surface area contributed by atoms with Gasteiger partial charge in [-0.3, -0.25) is 24.0 Å². The number of benzene rings is 3. The number of nitrogens with one attached hydrogen (secondary N) is 5. The first-order chi connectivity index (χ1) is 29.2. The van der Waals surface area contributed by atoms with Crippen LogP contribution in [0.25, 0.3) is 10.1 Å². The number of aryl methyl sites for hydroxylation is 1. The van der Waals surface area contributed by atoms with Gasteiger partial charge < -0.3 is 31.4 Å². The zero-order valence-corrected chi connectivity index (χ0v) is 35.0. The van der Waals surface area contributed by atoms with Gasteiger partial charge in [-0.15, -0.1) is 11.3 Å². The van der Waals surface area contributed by atoms with Crippen LogP contribution in [0.1, 0.15) is 106 Å². The standard InChI is InChI=1S/C46H53N7O6S/c1-31-14-8-10-16-39(31)51-43-40(52-46(58)38-30-60-41-17-11-9-15-37(38)41)25-34(26-50-43)45(57)49-23-13-7-5-3-4-6-12-22-48-44(56)32-18-19-33-29-59-53(27-35(33)24-32)36(28-54)20-21-42(55)47-2/h8-11,14-19,24-26,28,30,36H,3-7,12-13,20-23,27,29H2,1-2H3,(H,47,55)(H,48,56)(H,49,57)(H,50,51)(H,52,58). The molecule has 6 rings (SSSR count). The highest BCUT2D eigenvalue weighted by Gasteiger charge is 2.26. The highest BCUT2D eigenvalue weighted by atomic mass is 32.1. The minimum atomic E-state index is -0.551. The van der Waals surface area contributed by atoms with Crippen molar-refractivity contribution in [1.29, 1.82) is 0 Å². The van der Waals surface area contributed by atoms with Gasteiger partial charge in [0.2, 0.25) is 5.91 Å². The quantitative estimate of drug-likeness (QED) is 0.0365. The summed E-state index contributed by atoms with van der Waals surface area (Å²) in [6.07, 6.45) is 9.75. The van der Waals surface area contributed by atoms with Crippen LogP contribution in [0.2, 0.25) is 0 Å². The van der Waals surface area contributed by atoms with Crippen LogP contribution in [0.15, 0.2) is 84.4 Å². The van der Waals surface area contributed by atoms with Crippen molar-refractivity contribution >= 4 is 68.5 Å². The molecule has 0 spiro atoms. The zero-order chi connectivity index (χ0) is 42.3. The highest BCUT2D eigenvalue weighted by molar-refractivity contribution is 7.17. The number of aldehydes is 1. The third kappa shape index (κ3) is 11.8. The molecule has 60 heavy (non-hydrogen) atoms. The zero-order valence-electron chi connectivity index (χ0n) is 34.2. The first-order valence-electron chi connectivity index (χ1n) is 20.6. The number of rotatable bonds is 21. The summed E-state index contributed by atoms with van der Waals surface area (Å²) in [7, 11) is 1.56. The monoisotopic (exact) mass is 831 g/mol. The molecular formula is C46H53N7O6S.